The average Bonchev–Trinajstić information content (AvgIpc) is 2.32. The lowest BCUT2D eigenvalue weighted by molar-refractivity contribution is 0.102. The number of halogens is 1. The van der Waals surface area contributed by atoms with E-state index in [9.17, 15) is 4.79 Å². The maximum atomic E-state index is 11.8. The molecular weight excluding hydrogens is 238 g/mol. The molecule has 0 radical (unpaired) electrons. The largest absolute Gasteiger partial charge is 0.305 e. The van der Waals surface area contributed by atoms with Crippen LogP contribution in [0, 0.1) is 6.92 Å². The van der Waals surface area contributed by atoms with Gasteiger partial charge in [-0.1, -0.05) is 17.7 Å². The van der Waals surface area contributed by atoms with Crippen molar-refractivity contribution in [2.75, 3.05) is 5.32 Å². The van der Waals surface area contributed by atoms with Crippen molar-refractivity contribution in [1.82, 2.24) is 9.97 Å². The zero-order valence-electron chi connectivity index (χ0n) is 9.14. The van der Waals surface area contributed by atoms with E-state index in [1.807, 2.05) is 13.0 Å². The molecule has 1 amide bonds. The summed E-state index contributed by atoms with van der Waals surface area (Å²) in [5.41, 5.74) is 1.22. The van der Waals surface area contributed by atoms with Crippen LogP contribution in [0.15, 0.2) is 36.7 Å². The summed E-state index contributed by atoms with van der Waals surface area (Å²) >= 11 is 5.87. The zero-order chi connectivity index (χ0) is 12.3. The van der Waals surface area contributed by atoms with Crippen LogP contribution in [0.3, 0.4) is 0 Å². The molecule has 2 rings (SSSR count). The van der Waals surface area contributed by atoms with E-state index in [0.29, 0.717) is 10.8 Å². The Bertz CT molecular complexity index is 540. The van der Waals surface area contributed by atoms with E-state index in [4.69, 9.17) is 11.6 Å². The van der Waals surface area contributed by atoms with E-state index in [1.54, 1.807) is 24.4 Å². The summed E-state index contributed by atoms with van der Waals surface area (Å²) in [5, 5.41) is 2.95. The Hall–Kier alpha value is -1.94. The molecule has 0 saturated carbocycles. The fourth-order valence-corrected chi connectivity index (χ4v) is 1.48. The van der Waals surface area contributed by atoms with E-state index in [1.165, 1.54) is 6.20 Å². The van der Waals surface area contributed by atoms with Gasteiger partial charge in [0.15, 0.2) is 0 Å². The van der Waals surface area contributed by atoms with Gasteiger partial charge in [0.1, 0.15) is 11.5 Å². The average molecular weight is 248 g/mol. The van der Waals surface area contributed by atoms with Gasteiger partial charge >= 0.3 is 0 Å². The summed E-state index contributed by atoms with van der Waals surface area (Å²) < 4.78 is 0. The molecule has 2 aromatic rings. The predicted molar refractivity (Wildman–Crippen MR) is 66.2 cm³/mol. The highest BCUT2D eigenvalue weighted by molar-refractivity contribution is 6.34. The summed E-state index contributed by atoms with van der Waals surface area (Å²) in [6.45, 7) is 1.92. The standard InChI is InChI=1S/C12H10ClN3O/c1-8-4-5-10(15-7-8)16-12(17)11-9(13)3-2-6-14-11/h2-7H,1H3,(H,15,16,17). The number of carbonyl (C=O) groups excluding carboxylic acids is 1. The van der Waals surface area contributed by atoms with E-state index in [-0.39, 0.29) is 11.6 Å². The van der Waals surface area contributed by atoms with Crippen molar-refractivity contribution in [2.24, 2.45) is 0 Å². The second-order valence-corrected chi connectivity index (χ2v) is 3.92. The van der Waals surface area contributed by atoms with E-state index in [2.05, 4.69) is 15.3 Å². The van der Waals surface area contributed by atoms with Crippen LogP contribution in [0.2, 0.25) is 5.02 Å². The van der Waals surface area contributed by atoms with E-state index < -0.39 is 0 Å². The molecule has 0 spiro atoms. The van der Waals surface area contributed by atoms with Gasteiger partial charge in [0.2, 0.25) is 0 Å². The SMILES string of the molecule is Cc1ccc(NC(=O)c2ncccc2Cl)nc1. The molecule has 0 aliphatic carbocycles. The maximum Gasteiger partial charge on any atom is 0.276 e. The lowest BCUT2D eigenvalue weighted by Gasteiger charge is -2.04. The molecule has 1 N–H and O–H groups in total. The van der Waals surface area contributed by atoms with Gasteiger partial charge in [-0.05, 0) is 30.7 Å². The van der Waals surface area contributed by atoms with Crippen molar-refractivity contribution >= 4 is 23.3 Å². The minimum absolute atomic E-state index is 0.191. The minimum atomic E-state index is -0.369. The van der Waals surface area contributed by atoms with Crippen LogP contribution in [-0.2, 0) is 0 Å². The molecule has 4 nitrogen and oxygen atoms in total. The molecule has 2 heterocycles. The second kappa shape index (κ2) is 4.93. The highest BCUT2D eigenvalue weighted by Gasteiger charge is 2.11. The Morgan fingerprint density at radius 3 is 2.76 bits per heavy atom. The lowest BCUT2D eigenvalue weighted by Crippen LogP contribution is -2.14. The predicted octanol–water partition coefficient (Wildman–Crippen LogP) is 2.69. The summed E-state index contributed by atoms with van der Waals surface area (Å²) in [7, 11) is 0. The van der Waals surface area contributed by atoms with E-state index in [0.717, 1.165) is 5.56 Å². The van der Waals surface area contributed by atoms with Crippen molar-refractivity contribution in [2.45, 2.75) is 6.92 Å². The van der Waals surface area contributed by atoms with Gasteiger partial charge in [-0.2, -0.15) is 0 Å². The first-order valence-electron chi connectivity index (χ1n) is 5.01. The maximum absolute atomic E-state index is 11.8. The van der Waals surface area contributed by atoms with Gasteiger partial charge < -0.3 is 5.32 Å². The molecule has 0 bridgehead atoms. The Morgan fingerprint density at radius 2 is 2.12 bits per heavy atom. The summed E-state index contributed by atoms with van der Waals surface area (Å²) in [6.07, 6.45) is 3.19. The summed E-state index contributed by atoms with van der Waals surface area (Å²) in [5.74, 6) is 0.106. The number of nitrogens with one attached hydrogen (secondary N) is 1. The zero-order valence-corrected chi connectivity index (χ0v) is 9.90. The van der Waals surface area contributed by atoms with Gasteiger partial charge in [-0.3, -0.25) is 4.79 Å². The normalized spacial score (nSPS) is 10.0. The monoisotopic (exact) mass is 247 g/mol. The van der Waals surface area contributed by atoms with Crippen molar-refractivity contribution in [3.63, 3.8) is 0 Å². The van der Waals surface area contributed by atoms with E-state index >= 15 is 0 Å². The first-order chi connectivity index (χ1) is 8.16. The number of amides is 1. The molecule has 5 heteroatoms. The van der Waals surface area contributed by atoms with Gasteiger partial charge in [0.05, 0.1) is 5.02 Å². The highest BCUT2D eigenvalue weighted by Crippen LogP contribution is 2.14. The van der Waals surface area contributed by atoms with Crippen LogP contribution in [0.5, 0.6) is 0 Å². The van der Waals surface area contributed by atoms with Gasteiger partial charge in [-0.15, -0.1) is 0 Å². The van der Waals surface area contributed by atoms with Gasteiger partial charge in [-0.25, -0.2) is 9.97 Å². The number of carbonyl (C=O) groups is 1. The molecule has 86 valence electrons. The Kier molecular flexibility index (Phi) is 3.35. The number of hydrogen-bond acceptors (Lipinski definition) is 3. The van der Waals surface area contributed by atoms with Crippen LogP contribution in [0.25, 0.3) is 0 Å². The van der Waals surface area contributed by atoms with Crippen LogP contribution in [-0.4, -0.2) is 15.9 Å². The fourth-order valence-electron chi connectivity index (χ4n) is 1.27. The number of nitrogens with zero attached hydrogens (tertiary/aromatic N) is 2. The third-order valence-corrected chi connectivity index (χ3v) is 2.43. The minimum Gasteiger partial charge on any atom is -0.305 e. The molecule has 0 unspecified atom stereocenters. The number of pyridine rings is 2. The smallest absolute Gasteiger partial charge is 0.276 e. The number of rotatable bonds is 2. The molecule has 0 saturated heterocycles. The lowest BCUT2D eigenvalue weighted by atomic mass is 10.3. The number of aromatic nitrogens is 2. The molecular formula is C12H10ClN3O. The third kappa shape index (κ3) is 2.79. The van der Waals surface area contributed by atoms with Crippen LogP contribution in [0.4, 0.5) is 5.82 Å². The number of anilines is 1. The summed E-state index contributed by atoms with van der Waals surface area (Å²) in [6, 6.07) is 6.88. The molecule has 0 aliphatic heterocycles. The van der Waals surface area contributed by atoms with Crippen molar-refractivity contribution in [1.29, 1.82) is 0 Å². The Balaban J connectivity index is 2.17. The van der Waals surface area contributed by atoms with Gasteiger partial charge in [0, 0.05) is 12.4 Å². The molecule has 17 heavy (non-hydrogen) atoms. The second-order valence-electron chi connectivity index (χ2n) is 3.51. The van der Waals surface area contributed by atoms with Crippen LogP contribution in [0.1, 0.15) is 16.1 Å². The quantitative estimate of drug-likeness (QED) is 0.888. The Labute approximate surface area is 104 Å². The summed E-state index contributed by atoms with van der Waals surface area (Å²) in [4.78, 5) is 19.8. The van der Waals surface area contributed by atoms with Crippen molar-refractivity contribution in [3.05, 3.63) is 52.9 Å². The molecule has 0 fully saturated rings. The topological polar surface area (TPSA) is 54.9 Å². The van der Waals surface area contributed by atoms with Gasteiger partial charge in [0.25, 0.3) is 5.91 Å². The van der Waals surface area contributed by atoms with Crippen molar-refractivity contribution in [3.8, 4) is 0 Å². The van der Waals surface area contributed by atoms with Crippen LogP contribution >= 0.6 is 11.6 Å². The first kappa shape index (κ1) is 11.5. The molecule has 0 aromatic carbocycles. The first-order valence-corrected chi connectivity index (χ1v) is 5.39. The third-order valence-electron chi connectivity index (χ3n) is 2.13. The molecule has 2 aromatic heterocycles. The van der Waals surface area contributed by atoms with Crippen molar-refractivity contribution < 1.29 is 4.79 Å². The molecule has 0 aliphatic rings. The fraction of sp³-hybridized carbons (Fsp3) is 0.0833. The van der Waals surface area contributed by atoms with Crippen LogP contribution < -0.4 is 5.32 Å². The highest BCUT2D eigenvalue weighted by atomic mass is 35.5. The molecule has 0 atom stereocenters. The number of hydrogen-bond donors (Lipinski definition) is 1. The number of aryl methyl sites for hydroxylation is 1. The Morgan fingerprint density at radius 1 is 1.29 bits per heavy atom.